The molecule has 1 aliphatic rings. The number of benzene rings is 2. The molecule has 0 aliphatic heterocycles. The summed E-state index contributed by atoms with van der Waals surface area (Å²) in [7, 11) is 1.41. The highest BCUT2D eigenvalue weighted by Crippen LogP contribution is 2.36. The summed E-state index contributed by atoms with van der Waals surface area (Å²) in [5.41, 5.74) is 2.13. The molecule has 2 aromatic rings. The van der Waals surface area contributed by atoms with E-state index >= 15 is 0 Å². The smallest absolute Gasteiger partial charge is 0.387 e. The third kappa shape index (κ3) is 3.91. The van der Waals surface area contributed by atoms with Gasteiger partial charge >= 0.3 is 6.61 Å². The normalized spacial score (nSPS) is 19.1. The van der Waals surface area contributed by atoms with Gasteiger partial charge in [0.2, 0.25) is 0 Å². The van der Waals surface area contributed by atoms with Crippen molar-refractivity contribution in [1.29, 1.82) is 0 Å². The highest BCUT2D eigenvalue weighted by Gasteiger charge is 2.35. The summed E-state index contributed by atoms with van der Waals surface area (Å²) in [5.74, 6) is 0.258. The molecule has 2 aromatic carbocycles. The van der Waals surface area contributed by atoms with E-state index in [0.717, 1.165) is 17.5 Å². The molecule has 6 heteroatoms. The molecule has 4 nitrogen and oxygen atoms in total. The third-order valence-corrected chi connectivity index (χ3v) is 4.52. The van der Waals surface area contributed by atoms with Gasteiger partial charge in [-0.25, -0.2) is 0 Å². The lowest BCUT2D eigenvalue weighted by atomic mass is 9.96. The Labute approximate surface area is 145 Å². The second-order valence-electron chi connectivity index (χ2n) is 6.16. The highest BCUT2D eigenvalue weighted by atomic mass is 19.3. The first-order valence-electron chi connectivity index (χ1n) is 8.15. The summed E-state index contributed by atoms with van der Waals surface area (Å²) in [6.07, 6.45) is 1.55. The van der Waals surface area contributed by atoms with Gasteiger partial charge in [-0.1, -0.05) is 30.3 Å². The zero-order chi connectivity index (χ0) is 17.9. The molecule has 0 spiro atoms. The molecular weight excluding hydrogens is 328 g/mol. The molecule has 25 heavy (non-hydrogen) atoms. The van der Waals surface area contributed by atoms with Crippen LogP contribution in [0.15, 0.2) is 42.5 Å². The van der Waals surface area contributed by atoms with Crippen molar-refractivity contribution in [3.05, 3.63) is 59.2 Å². The average molecular weight is 349 g/mol. The summed E-state index contributed by atoms with van der Waals surface area (Å²) < 4.78 is 34.2. The van der Waals surface area contributed by atoms with Gasteiger partial charge in [0.15, 0.2) is 11.5 Å². The Morgan fingerprint density at radius 3 is 2.76 bits per heavy atom. The number of rotatable bonds is 7. The Hall–Kier alpha value is -2.18. The first-order chi connectivity index (χ1) is 12.0. The first-order valence-corrected chi connectivity index (χ1v) is 8.15. The fourth-order valence-corrected chi connectivity index (χ4v) is 3.28. The number of alkyl halides is 2. The second kappa shape index (κ2) is 7.37. The molecule has 0 aromatic heterocycles. The molecule has 2 N–H and O–H groups in total. The number of methoxy groups -OCH3 is 1. The lowest BCUT2D eigenvalue weighted by Gasteiger charge is -2.24. The zero-order valence-electron chi connectivity index (χ0n) is 14.0. The number of hydrogen-bond acceptors (Lipinski definition) is 4. The maximum absolute atomic E-state index is 12.4. The van der Waals surface area contributed by atoms with Crippen molar-refractivity contribution in [3.8, 4) is 11.5 Å². The molecule has 0 saturated heterocycles. The summed E-state index contributed by atoms with van der Waals surface area (Å²) in [5, 5.41) is 14.1. The Morgan fingerprint density at radius 2 is 2.00 bits per heavy atom. The molecule has 0 radical (unpaired) electrons. The van der Waals surface area contributed by atoms with Crippen molar-refractivity contribution in [3.63, 3.8) is 0 Å². The molecule has 1 unspecified atom stereocenters. The minimum absolute atomic E-state index is 0.00426. The Balaban J connectivity index is 1.63. The quantitative estimate of drug-likeness (QED) is 0.806. The van der Waals surface area contributed by atoms with Crippen molar-refractivity contribution in [2.45, 2.75) is 31.6 Å². The van der Waals surface area contributed by atoms with Crippen LogP contribution in [0.1, 0.15) is 23.1 Å². The van der Waals surface area contributed by atoms with Gasteiger partial charge in [0.1, 0.15) is 5.60 Å². The Morgan fingerprint density at radius 1 is 1.20 bits per heavy atom. The van der Waals surface area contributed by atoms with Crippen LogP contribution in [0.3, 0.4) is 0 Å². The lowest BCUT2D eigenvalue weighted by Crippen LogP contribution is -2.36. The van der Waals surface area contributed by atoms with E-state index in [1.807, 2.05) is 24.3 Å². The molecule has 1 aliphatic carbocycles. The monoisotopic (exact) mass is 349 g/mol. The average Bonchev–Trinajstić information content (AvgIpc) is 2.93. The van der Waals surface area contributed by atoms with Crippen LogP contribution in [0.25, 0.3) is 0 Å². The molecule has 0 fully saturated rings. The molecule has 0 heterocycles. The van der Waals surface area contributed by atoms with E-state index in [2.05, 4.69) is 10.1 Å². The van der Waals surface area contributed by atoms with Crippen molar-refractivity contribution in [2.24, 2.45) is 0 Å². The second-order valence-corrected chi connectivity index (χ2v) is 6.16. The Bertz CT molecular complexity index is 738. The third-order valence-electron chi connectivity index (χ3n) is 4.52. The number of aryl methyl sites for hydroxylation is 1. The molecule has 0 saturated carbocycles. The van der Waals surface area contributed by atoms with Crippen LogP contribution in [0.5, 0.6) is 11.5 Å². The van der Waals surface area contributed by atoms with Crippen LogP contribution in [0.2, 0.25) is 0 Å². The maximum atomic E-state index is 12.4. The summed E-state index contributed by atoms with van der Waals surface area (Å²) in [6, 6.07) is 12.7. The van der Waals surface area contributed by atoms with Crippen LogP contribution in [-0.4, -0.2) is 25.4 Å². The summed E-state index contributed by atoms with van der Waals surface area (Å²) >= 11 is 0. The maximum Gasteiger partial charge on any atom is 0.387 e. The zero-order valence-corrected chi connectivity index (χ0v) is 14.0. The van der Waals surface area contributed by atoms with Gasteiger partial charge in [-0.3, -0.25) is 0 Å². The van der Waals surface area contributed by atoms with Crippen molar-refractivity contribution in [1.82, 2.24) is 5.32 Å². The van der Waals surface area contributed by atoms with Gasteiger partial charge in [-0.15, -0.1) is 0 Å². The minimum atomic E-state index is -2.89. The predicted octanol–water partition coefficient (Wildman–Crippen LogP) is 3.22. The lowest BCUT2D eigenvalue weighted by molar-refractivity contribution is -0.0512. The van der Waals surface area contributed by atoms with E-state index < -0.39 is 12.2 Å². The standard InChI is InChI=1S/C19H21F2NO3/c1-24-17-10-13(6-7-16(17)25-18(20)21)11-22-12-19(23)9-8-14-4-2-3-5-15(14)19/h2-7,10,18,22-23H,8-9,11-12H2,1H3. The Kier molecular flexibility index (Phi) is 5.20. The fourth-order valence-electron chi connectivity index (χ4n) is 3.28. The highest BCUT2D eigenvalue weighted by molar-refractivity contribution is 5.43. The molecule has 134 valence electrons. The van der Waals surface area contributed by atoms with Crippen LogP contribution in [0, 0.1) is 0 Å². The van der Waals surface area contributed by atoms with Crippen LogP contribution >= 0.6 is 0 Å². The van der Waals surface area contributed by atoms with E-state index in [0.29, 0.717) is 19.5 Å². The molecule has 1 atom stereocenters. The number of ether oxygens (including phenoxy) is 2. The van der Waals surface area contributed by atoms with Crippen molar-refractivity contribution >= 4 is 0 Å². The first kappa shape index (κ1) is 17.6. The van der Waals surface area contributed by atoms with Crippen LogP contribution < -0.4 is 14.8 Å². The molecule has 0 amide bonds. The van der Waals surface area contributed by atoms with Gasteiger partial charge in [0.05, 0.1) is 7.11 Å². The van der Waals surface area contributed by atoms with E-state index in [-0.39, 0.29) is 11.5 Å². The van der Waals surface area contributed by atoms with E-state index in [1.165, 1.54) is 18.7 Å². The van der Waals surface area contributed by atoms with Gasteiger partial charge in [0.25, 0.3) is 0 Å². The molecular formula is C19H21F2NO3. The molecule has 3 rings (SSSR count). The van der Waals surface area contributed by atoms with E-state index in [1.54, 1.807) is 12.1 Å². The SMILES string of the molecule is COc1cc(CNCC2(O)CCc3ccccc32)ccc1OC(F)F. The minimum Gasteiger partial charge on any atom is -0.493 e. The summed E-state index contributed by atoms with van der Waals surface area (Å²) in [4.78, 5) is 0. The summed E-state index contributed by atoms with van der Waals surface area (Å²) in [6.45, 7) is -1.99. The number of nitrogens with one attached hydrogen (secondary N) is 1. The molecule has 0 bridgehead atoms. The van der Waals surface area contributed by atoms with Crippen LogP contribution in [-0.2, 0) is 18.6 Å². The van der Waals surface area contributed by atoms with E-state index in [9.17, 15) is 13.9 Å². The van der Waals surface area contributed by atoms with E-state index in [4.69, 9.17) is 4.74 Å². The van der Waals surface area contributed by atoms with Gasteiger partial charge in [0, 0.05) is 13.1 Å². The van der Waals surface area contributed by atoms with Gasteiger partial charge in [-0.05, 0) is 41.7 Å². The number of fused-ring (bicyclic) bond motifs is 1. The van der Waals surface area contributed by atoms with Crippen LogP contribution in [0.4, 0.5) is 8.78 Å². The number of hydrogen-bond donors (Lipinski definition) is 2. The predicted molar refractivity (Wildman–Crippen MR) is 90.0 cm³/mol. The van der Waals surface area contributed by atoms with Crippen molar-refractivity contribution in [2.75, 3.05) is 13.7 Å². The van der Waals surface area contributed by atoms with Gasteiger partial charge < -0.3 is 19.9 Å². The topological polar surface area (TPSA) is 50.7 Å². The van der Waals surface area contributed by atoms with Gasteiger partial charge in [-0.2, -0.15) is 8.78 Å². The largest absolute Gasteiger partial charge is 0.493 e. The number of aliphatic hydroxyl groups is 1. The van der Waals surface area contributed by atoms with Crippen molar-refractivity contribution < 1.29 is 23.4 Å². The number of halogens is 2. The fraction of sp³-hybridized carbons (Fsp3) is 0.368.